The first-order valence-electron chi connectivity index (χ1n) is 7.26. The lowest BCUT2D eigenvalue weighted by molar-refractivity contribution is -0.146. The van der Waals surface area contributed by atoms with Crippen LogP contribution in [-0.2, 0) is 9.59 Å². The number of carboxylic acids is 1. The molecule has 1 fully saturated rings. The second-order valence-electron chi connectivity index (χ2n) is 6.20. The lowest BCUT2D eigenvalue weighted by Gasteiger charge is -2.24. The number of fused-ring (bicyclic) bond motifs is 2. The van der Waals surface area contributed by atoms with E-state index in [0.29, 0.717) is 0 Å². The minimum atomic E-state index is -0.868. The van der Waals surface area contributed by atoms with Crippen LogP contribution in [0.25, 0.3) is 0 Å². The third kappa shape index (κ3) is 2.46. The topological polar surface area (TPSA) is 66.4 Å². The molecule has 110 valence electrons. The Bertz CT molecular complexity index is 615. The van der Waals surface area contributed by atoms with Gasteiger partial charge in [0.05, 0.1) is 11.8 Å². The van der Waals surface area contributed by atoms with Crippen LogP contribution in [0.1, 0.15) is 17.5 Å². The predicted octanol–water partition coefficient (Wildman–Crippen LogP) is 2.76. The number of carbonyl (C=O) groups excluding carboxylic acids is 1. The van der Waals surface area contributed by atoms with Gasteiger partial charge in [0.2, 0.25) is 5.91 Å². The van der Waals surface area contributed by atoms with Crippen LogP contribution in [0.3, 0.4) is 0 Å². The molecule has 1 saturated carbocycles. The first-order chi connectivity index (χ1) is 9.95. The Kier molecular flexibility index (Phi) is 3.32. The number of aryl methyl sites for hydroxylation is 2. The number of carboxylic acid groups (broad SMARTS) is 1. The Morgan fingerprint density at radius 3 is 2.19 bits per heavy atom. The second-order valence-corrected chi connectivity index (χ2v) is 6.20. The van der Waals surface area contributed by atoms with E-state index >= 15 is 0 Å². The maximum atomic E-state index is 12.5. The molecule has 3 rings (SSSR count). The number of rotatable bonds is 3. The van der Waals surface area contributed by atoms with Crippen LogP contribution in [0.5, 0.6) is 0 Å². The van der Waals surface area contributed by atoms with Crippen molar-refractivity contribution >= 4 is 17.6 Å². The highest BCUT2D eigenvalue weighted by atomic mass is 16.4. The molecule has 0 aromatic heterocycles. The molecule has 2 N–H and O–H groups in total. The molecule has 21 heavy (non-hydrogen) atoms. The molecule has 2 aliphatic carbocycles. The Balaban J connectivity index is 1.82. The van der Waals surface area contributed by atoms with Crippen molar-refractivity contribution < 1.29 is 14.7 Å². The number of aliphatic carboxylic acids is 1. The molecule has 4 heteroatoms. The van der Waals surface area contributed by atoms with E-state index < -0.39 is 17.8 Å². The number of benzene rings is 1. The number of amides is 1. The molecule has 1 amide bonds. The van der Waals surface area contributed by atoms with Gasteiger partial charge in [-0.15, -0.1) is 0 Å². The molecule has 1 aromatic rings. The summed E-state index contributed by atoms with van der Waals surface area (Å²) in [5, 5.41) is 12.3. The van der Waals surface area contributed by atoms with Crippen LogP contribution in [0, 0.1) is 37.5 Å². The highest BCUT2D eigenvalue weighted by molar-refractivity contribution is 5.96. The third-order valence-electron chi connectivity index (χ3n) is 4.54. The van der Waals surface area contributed by atoms with E-state index in [0.717, 1.165) is 23.2 Å². The summed E-state index contributed by atoms with van der Waals surface area (Å²) in [5.74, 6) is -2.04. The fraction of sp³-hybridized carbons (Fsp3) is 0.412. The summed E-state index contributed by atoms with van der Waals surface area (Å²) in [4.78, 5) is 24.0. The fourth-order valence-electron chi connectivity index (χ4n) is 3.79. The zero-order chi connectivity index (χ0) is 15.1. The van der Waals surface area contributed by atoms with Crippen molar-refractivity contribution in [3.05, 3.63) is 41.5 Å². The zero-order valence-corrected chi connectivity index (χ0v) is 12.2. The van der Waals surface area contributed by atoms with Crippen LogP contribution in [0.4, 0.5) is 5.69 Å². The van der Waals surface area contributed by atoms with Gasteiger partial charge in [-0.2, -0.15) is 0 Å². The number of carbonyl (C=O) groups is 2. The van der Waals surface area contributed by atoms with Gasteiger partial charge < -0.3 is 10.4 Å². The number of hydrogen-bond donors (Lipinski definition) is 2. The average Bonchev–Trinajstić information content (AvgIpc) is 2.96. The van der Waals surface area contributed by atoms with Gasteiger partial charge in [-0.3, -0.25) is 9.59 Å². The molecule has 2 bridgehead atoms. The SMILES string of the molecule is Cc1cc(C)cc(NC(=O)[C@@H]2[C@H](C(=O)O)[C@H]3C=C[C@H]2C3)c1. The van der Waals surface area contributed by atoms with Crippen LogP contribution in [-0.4, -0.2) is 17.0 Å². The van der Waals surface area contributed by atoms with Crippen molar-refractivity contribution in [2.24, 2.45) is 23.7 Å². The van der Waals surface area contributed by atoms with Crippen LogP contribution >= 0.6 is 0 Å². The quantitative estimate of drug-likeness (QED) is 0.839. The van der Waals surface area contributed by atoms with Gasteiger partial charge >= 0.3 is 5.97 Å². The van der Waals surface area contributed by atoms with Gasteiger partial charge in [-0.1, -0.05) is 18.2 Å². The summed E-state index contributed by atoms with van der Waals surface area (Å²) >= 11 is 0. The van der Waals surface area contributed by atoms with Gasteiger partial charge in [0, 0.05) is 5.69 Å². The molecule has 2 aliphatic rings. The summed E-state index contributed by atoms with van der Waals surface area (Å²) in [6.45, 7) is 3.95. The normalized spacial score (nSPS) is 29.6. The summed E-state index contributed by atoms with van der Waals surface area (Å²) < 4.78 is 0. The Morgan fingerprint density at radius 1 is 1.05 bits per heavy atom. The van der Waals surface area contributed by atoms with Crippen molar-refractivity contribution in [2.45, 2.75) is 20.3 Å². The summed E-state index contributed by atoms with van der Waals surface area (Å²) in [5.41, 5.74) is 2.90. The van der Waals surface area contributed by atoms with Gasteiger partial charge in [-0.25, -0.2) is 0 Å². The molecule has 0 saturated heterocycles. The third-order valence-corrected chi connectivity index (χ3v) is 4.54. The van der Waals surface area contributed by atoms with Crippen molar-refractivity contribution in [1.29, 1.82) is 0 Å². The molecular weight excluding hydrogens is 266 g/mol. The summed E-state index contributed by atoms with van der Waals surface area (Å²) in [6, 6.07) is 5.85. The van der Waals surface area contributed by atoms with E-state index in [1.807, 2.05) is 44.2 Å². The van der Waals surface area contributed by atoms with Crippen molar-refractivity contribution in [3.8, 4) is 0 Å². The number of nitrogens with one attached hydrogen (secondary N) is 1. The van der Waals surface area contributed by atoms with Crippen LogP contribution in [0.15, 0.2) is 30.4 Å². The molecule has 0 radical (unpaired) electrons. The lowest BCUT2D eigenvalue weighted by Crippen LogP contribution is -2.36. The van der Waals surface area contributed by atoms with E-state index in [4.69, 9.17) is 0 Å². The van der Waals surface area contributed by atoms with Crippen molar-refractivity contribution in [1.82, 2.24) is 0 Å². The molecule has 0 aliphatic heterocycles. The predicted molar refractivity (Wildman–Crippen MR) is 79.9 cm³/mol. The highest BCUT2D eigenvalue weighted by Crippen LogP contribution is 2.48. The largest absolute Gasteiger partial charge is 0.481 e. The minimum Gasteiger partial charge on any atom is -0.481 e. The van der Waals surface area contributed by atoms with Crippen LogP contribution < -0.4 is 5.32 Å². The maximum Gasteiger partial charge on any atom is 0.307 e. The number of anilines is 1. The van der Waals surface area contributed by atoms with Gasteiger partial charge in [-0.05, 0) is 55.4 Å². The average molecular weight is 285 g/mol. The monoisotopic (exact) mass is 285 g/mol. The Labute approximate surface area is 123 Å². The van der Waals surface area contributed by atoms with E-state index in [9.17, 15) is 14.7 Å². The standard InChI is InChI=1S/C17H19NO3/c1-9-5-10(2)7-13(6-9)18-16(19)14-11-3-4-12(8-11)15(14)17(20)21/h3-7,11-12,14-15H,8H2,1-2H3,(H,18,19)(H,20,21)/t11-,12-,14-,15+/m0/s1. The molecule has 4 atom stereocenters. The fourth-order valence-corrected chi connectivity index (χ4v) is 3.79. The van der Waals surface area contributed by atoms with E-state index in [2.05, 4.69) is 5.32 Å². The van der Waals surface area contributed by atoms with Gasteiger partial charge in [0.25, 0.3) is 0 Å². The highest BCUT2D eigenvalue weighted by Gasteiger charge is 2.51. The molecule has 4 nitrogen and oxygen atoms in total. The lowest BCUT2D eigenvalue weighted by atomic mass is 9.82. The van der Waals surface area contributed by atoms with Gasteiger partial charge in [0.15, 0.2) is 0 Å². The molecule has 1 aromatic carbocycles. The van der Waals surface area contributed by atoms with E-state index in [1.54, 1.807) is 0 Å². The molecule has 0 spiro atoms. The minimum absolute atomic E-state index is 0.00231. The van der Waals surface area contributed by atoms with E-state index in [-0.39, 0.29) is 17.7 Å². The summed E-state index contributed by atoms with van der Waals surface area (Å²) in [7, 11) is 0. The number of hydrogen-bond acceptors (Lipinski definition) is 2. The Hall–Kier alpha value is -2.10. The summed E-state index contributed by atoms with van der Waals surface area (Å²) in [6.07, 6.45) is 4.72. The number of allylic oxidation sites excluding steroid dienone is 2. The van der Waals surface area contributed by atoms with Crippen LogP contribution in [0.2, 0.25) is 0 Å². The molecular formula is C17H19NO3. The first-order valence-corrected chi connectivity index (χ1v) is 7.26. The smallest absolute Gasteiger partial charge is 0.307 e. The van der Waals surface area contributed by atoms with Gasteiger partial charge in [0.1, 0.15) is 0 Å². The molecule has 0 unspecified atom stereocenters. The molecule has 0 heterocycles. The first kappa shape index (κ1) is 13.9. The van der Waals surface area contributed by atoms with Crippen molar-refractivity contribution in [3.63, 3.8) is 0 Å². The van der Waals surface area contributed by atoms with E-state index in [1.165, 1.54) is 0 Å². The zero-order valence-electron chi connectivity index (χ0n) is 12.2. The second kappa shape index (κ2) is 5.02. The maximum absolute atomic E-state index is 12.5. The van der Waals surface area contributed by atoms with Crippen molar-refractivity contribution in [2.75, 3.05) is 5.32 Å². The Morgan fingerprint density at radius 2 is 1.62 bits per heavy atom.